The fraction of sp³-hybridized carbons (Fsp3) is 0.857. The standard InChI is InChI=1S/C14H29N3O2/c1-9(2)12(18)15-8-11(16-10(3)4)13(19)17-14(5,6)7/h9-11,16H,8H2,1-7H3,(H,15,18)(H,17,19). The van der Waals surface area contributed by atoms with E-state index >= 15 is 0 Å². The fourth-order valence-corrected chi connectivity index (χ4v) is 1.49. The quantitative estimate of drug-likeness (QED) is 0.676. The number of carbonyl (C=O) groups excluding carboxylic acids is 2. The van der Waals surface area contributed by atoms with E-state index in [0.717, 1.165) is 0 Å². The van der Waals surface area contributed by atoms with Crippen LogP contribution in [0, 0.1) is 5.92 Å². The number of amides is 2. The molecule has 0 aliphatic heterocycles. The van der Waals surface area contributed by atoms with E-state index in [0.29, 0.717) is 6.54 Å². The summed E-state index contributed by atoms with van der Waals surface area (Å²) in [5, 5.41) is 8.89. The van der Waals surface area contributed by atoms with Crippen LogP contribution in [0.15, 0.2) is 0 Å². The highest BCUT2D eigenvalue weighted by Gasteiger charge is 2.24. The first kappa shape index (κ1) is 17.9. The summed E-state index contributed by atoms with van der Waals surface area (Å²) in [6.07, 6.45) is 0. The average Bonchev–Trinajstić information content (AvgIpc) is 2.20. The topological polar surface area (TPSA) is 70.2 Å². The van der Waals surface area contributed by atoms with Crippen molar-refractivity contribution in [1.29, 1.82) is 0 Å². The van der Waals surface area contributed by atoms with E-state index in [1.807, 2.05) is 48.5 Å². The van der Waals surface area contributed by atoms with Gasteiger partial charge in [-0.15, -0.1) is 0 Å². The van der Waals surface area contributed by atoms with Gasteiger partial charge < -0.3 is 16.0 Å². The predicted octanol–water partition coefficient (Wildman–Crippen LogP) is 1.04. The lowest BCUT2D eigenvalue weighted by Gasteiger charge is -2.27. The molecule has 0 heterocycles. The van der Waals surface area contributed by atoms with Gasteiger partial charge in [0.1, 0.15) is 6.04 Å². The molecule has 3 N–H and O–H groups in total. The first-order chi connectivity index (χ1) is 8.53. The van der Waals surface area contributed by atoms with Crippen LogP contribution in [-0.4, -0.2) is 36.0 Å². The van der Waals surface area contributed by atoms with Gasteiger partial charge in [0.25, 0.3) is 0 Å². The highest BCUT2D eigenvalue weighted by molar-refractivity contribution is 5.84. The largest absolute Gasteiger partial charge is 0.354 e. The number of hydrogen-bond donors (Lipinski definition) is 3. The van der Waals surface area contributed by atoms with Crippen LogP contribution in [0.2, 0.25) is 0 Å². The molecule has 19 heavy (non-hydrogen) atoms. The molecule has 0 spiro atoms. The van der Waals surface area contributed by atoms with Crippen LogP contribution in [0.3, 0.4) is 0 Å². The van der Waals surface area contributed by atoms with Gasteiger partial charge in [-0.1, -0.05) is 27.7 Å². The Bertz CT molecular complexity index is 306. The van der Waals surface area contributed by atoms with Crippen molar-refractivity contribution in [1.82, 2.24) is 16.0 Å². The van der Waals surface area contributed by atoms with E-state index < -0.39 is 6.04 Å². The Kier molecular flexibility index (Phi) is 7.05. The summed E-state index contributed by atoms with van der Waals surface area (Å²) in [6, 6.07) is -0.242. The van der Waals surface area contributed by atoms with Gasteiger partial charge in [-0.05, 0) is 20.8 Å². The molecular formula is C14H29N3O2. The van der Waals surface area contributed by atoms with Crippen LogP contribution in [0.4, 0.5) is 0 Å². The fourth-order valence-electron chi connectivity index (χ4n) is 1.49. The molecule has 0 aliphatic carbocycles. The highest BCUT2D eigenvalue weighted by Crippen LogP contribution is 2.00. The maximum atomic E-state index is 12.2. The molecule has 0 saturated carbocycles. The van der Waals surface area contributed by atoms with Gasteiger partial charge in [-0.3, -0.25) is 9.59 Å². The van der Waals surface area contributed by atoms with Crippen molar-refractivity contribution in [3.8, 4) is 0 Å². The number of carbonyl (C=O) groups is 2. The van der Waals surface area contributed by atoms with Crippen molar-refractivity contribution in [2.75, 3.05) is 6.54 Å². The molecule has 0 fully saturated rings. The molecule has 0 aromatic heterocycles. The van der Waals surface area contributed by atoms with Gasteiger partial charge in [0.2, 0.25) is 11.8 Å². The monoisotopic (exact) mass is 271 g/mol. The van der Waals surface area contributed by atoms with Crippen molar-refractivity contribution >= 4 is 11.8 Å². The summed E-state index contributed by atoms with van der Waals surface area (Å²) >= 11 is 0. The maximum Gasteiger partial charge on any atom is 0.239 e. The number of rotatable bonds is 6. The summed E-state index contributed by atoms with van der Waals surface area (Å²) in [5.41, 5.74) is -0.282. The van der Waals surface area contributed by atoms with Crippen molar-refractivity contribution < 1.29 is 9.59 Å². The highest BCUT2D eigenvalue weighted by atomic mass is 16.2. The second-order valence-electron chi connectivity index (χ2n) is 6.51. The van der Waals surface area contributed by atoms with Gasteiger partial charge in [-0.2, -0.15) is 0 Å². The molecule has 1 atom stereocenters. The van der Waals surface area contributed by atoms with Gasteiger partial charge in [0.05, 0.1) is 0 Å². The van der Waals surface area contributed by atoms with Crippen LogP contribution in [0.25, 0.3) is 0 Å². The van der Waals surface area contributed by atoms with Crippen molar-refractivity contribution in [3.05, 3.63) is 0 Å². The molecular weight excluding hydrogens is 242 g/mol. The summed E-state index contributed by atoms with van der Waals surface area (Å²) in [5.74, 6) is -0.213. The lowest BCUT2D eigenvalue weighted by Crippen LogP contribution is -2.56. The zero-order valence-corrected chi connectivity index (χ0v) is 13.3. The van der Waals surface area contributed by atoms with Crippen LogP contribution in [0.1, 0.15) is 48.5 Å². The molecule has 5 nitrogen and oxygen atoms in total. The van der Waals surface area contributed by atoms with Gasteiger partial charge >= 0.3 is 0 Å². The van der Waals surface area contributed by atoms with Crippen LogP contribution in [-0.2, 0) is 9.59 Å². The molecule has 5 heteroatoms. The molecule has 2 amide bonds. The van der Waals surface area contributed by atoms with E-state index in [-0.39, 0.29) is 29.3 Å². The summed E-state index contributed by atoms with van der Waals surface area (Å²) in [6.45, 7) is 13.7. The minimum absolute atomic E-state index is 0.0425. The molecule has 0 saturated heterocycles. The zero-order valence-electron chi connectivity index (χ0n) is 13.3. The normalized spacial score (nSPS) is 13.5. The molecule has 1 unspecified atom stereocenters. The summed E-state index contributed by atoms with van der Waals surface area (Å²) in [4.78, 5) is 23.7. The SMILES string of the molecule is CC(C)NC(CNC(=O)C(C)C)C(=O)NC(C)(C)C. The van der Waals surface area contributed by atoms with E-state index in [1.165, 1.54) is 0 Å². The van der Waals surface area contributed by atoms with E-state index in [1.54, 1.807) is 0 Å². The van der Waals surface area contributed by atoms with Gasteiger partial charge in [-0.25, -0.2) is 0 Å². The Balaban J connectivity index is 4.54. The lowest BCUT2D eigenvalue weighted by molar-refractivity contribution is -0.126. The van der Waals surface area contributed by atoms with Crippen molar-refractivity contribution in [2.24, 2.45) is 5.92 Å². The molecule has 0 rings (SSSR count). The Morgan fingerprint density at radius 1 is 1.00 bits per heavy atom. The molecule has 0 radical (unpaired) electrons. The maximum absolute atomic E-state index is 12.2. The first-order valence-corrected chi connectivity index (χ1v) is 6.88. The average molecular weight is 271 g/mol. The molecule has 0 bridgehead atoms. The van der Waals surface area contributed by atoms with Crippen molar-refractivity contribution in [2.45, 2.75) is 66.1 Å². The third-order valence-electron chi connectivity index (χ3n) is 2.35. The van der Waals surface area contributed by atoms with Gasteiger partial charge in [0.15, 0.2) is 0 Å². The Morgan fingerprint density at radius 3 is 1.89 bits per heavy atom. The summed E-state index contributed by atoms with van der Waals surface area (Å²) < 4.78 is 0. The zero-order chi connectivity index (χ0) is 15.2. The minimum Gasteiger partial charge on any atom is -0.354 e. The Labute approximate surface area is 116 Å². The van der Waals surface area contributed by atoms with E-state index in [2.05, 4.69) is 16.0 Å². The Hall–Kier alpha value is -1.10. The van der Waals surface area contributed by atoms with Crippen LogP contribution in [0.5, 0.6) is 0 Å². The molecule has 0 aromatic carbocycles. The summed E-state index contributed by atoms with van der Waals surface area (Å²) in [7, 11) is 0. The number of nitrogens with one attached hydrogen (secondary N) is 3. The smallest absolute Gasteiger partial charge is 0.239 e. The van der Waals surface area contributed by atoms with Crippen LogP contribution < -0.4 is 16.0 Å². The minimum atomic E-state index is -0.415. The predicted molar refractivity (Wildman–Crippen MR) is 77.8 cm³/mol. The molecule has 0 aliphatic rings. The van der Waals surface area contributed by atoms with Crippen LogP contribution >= 0.6 is 0 Å². The lowest BCUT2D eigenvalue weighted by atomic mass is 10.1. The Morgan fingerprint density at radius 2 is 1.53 bits per heavy atom. The van der Waals surface area contributed by atoms with Gasteiger partial charge in [0, 0.05) is 24.0 Å². The third-order valence-corrected chi connectivity index (χ3v) is 2.35. The second-order valence-corrected chi connectivity index (χ2v) is 6.51. The van der Waals surface area contributed by atoms with Crippen molar-refractivity contribution in [3.63, 3.8) is 0 Å². The van der Waals surface area contributed by atoms with E-state index in [9.17, 15) is 9.59 Å². The van der Waals surface area contributed by atoms with E-state index in [4.69, 9.17) is 0 Å². The first-order valence-electron chi connectivity index (χ1n) is 6.88. The molecule has 112 valence electrons. The second kappa shape index (κ2) is 7.48. The number of hydrogen-bond acceptors (Lipinski definition) is 3. The molecule has 0 aromatic rings. The third kappa shape index (κ3) is 8.59.